The molecular formula is C8H12S2. The lowest BCUT2D eigenvalue weighted by Crippen LogP contribution is -1.83. The van der Waals surface area contributed by atoms with Crippen LogP contribution in [0.4, 0.5) is 0 Å². The van der Waals surface area contributed by atoms with Gasteiger partial charge in [-0.15, -0.1) is 0 Å². The molecule has 0 aliphatic carbocycles. The van der Waals surface area contributed by atoms with Crippen LogP contribution in [0, 0.1) is 0 Å². The molecule has 0 N–H and O–H groups in total. The van der Waals surface area contributed by atoms with E-state index < -0.39 is 0 Å². The summed E-state index contributed by atoms with van der Waals surface area (Å²) in [5, 5.41) is 5.05. The van der Waals surface area contributed by atoms with E-state index >= 15 is 0 Å². The van der Waals surface area contributed by atoms with E-state index in [0.717, 1.165) is 0 Å². The van der Waals surface area contributed by atoms with Crippen molar-refractivity contribution in [3.8, 4) is 0 Å². The lowest BCUT2D eigenvalue weighted by atomic mass is 10.3. The van der Waals surface area contributed by atoms with Crippen molar-refractivity contribution in [2.75, 3.05) is 5.75 Å². The molecule has 0 bridgehead atoms. The molecule has 1 aromatic heterocycles. The van der Waals surface area contributed by atoms with Crippen LogP contribution < -0.4 is 0 Å². The number of thiophene rings is 1. The Morgan fingerprint density at radius 2 is 2.50 bits per heavy atom. The SMILES string of the molecule is CCSC(C)c1ccsc1. The van der Waals surface area contributed by atoms with Crippen molar-refractivity contribution in [2.45, 2.75) is 19.1 Å². The van der Waals surface area contributed by atoms with Crippen LogP contribution in [0.15, 0.2) is 16.8 Å². The highest BCUT2D eigenvalue weighted by molar-refractivity contribution is 7.99. The quantitative estimate of drug-likeness (QED) is 0.671. The smallest absolute Gasteiger partial charge is 0.0277 e. The first kappa shape index (κ1) is 8.15. The molecule has 0 amide bonds. The van der Waals surface area contributed by atoms with E-state index in [1.54, 1.807) is 11.3 Å². The molecule has 0 aliphatic heterocycles. The predicted octanol–water partition coefficient (Wildman–Crippen LogP) is 3.56. The van der Waals surface area contributed by atoms with Crippen LogP contribution in [0.3, 0.4) is 0 Å². The maximum atomic E-state index is 2.26. The van der Waals surface area contributed by atoms with E-state index in [2.05, 4.69) is 30.7 Å². The Morgan fingerprint density at radius 3 is 3.00 bits per heavy atom. The summed E-state index contributed by atoms with van der Waals surface area (Å²) in [6, 6.07) is 2.21. The van der Waals surface area contributed by atoms with E-state index in [-0.39, 0.29) is 0 Å². The Kier molecular flexibility index (Phi) is 3.29. The average Bonchev–Trinajstić information content (AvgIpc) is 2.38. The summed E-state index contributed by atoms with van der Waals surface area (Å²) in [5.41, 5.74) is 1.47. The minimum Gasteiger partial charge on any atom is -0.154 e. The van der Waals surface area contributed by atoms with Crippen molar-refractivity contribution in [3.05, 3.63) is 22.4 Å². The predicted molar refractivity (Wildman–Crippen MR) is 50.9 cm³/mol. The van der Waals surface area contributed by atoms with Crippen molar-refractivity contribution in [1.82, 2.24) is 0 Å². The first-order valence-electron chi connectivity index (χ1n) is 3.48. The van der Waals surface area contributed by atoms with E-state index in [4.69, 9.17) is 0 Å². The molecule has 10 heavy (non-hydrogen) atoms. The normalized spacial score (nSPS) is 13.4. The van der Waals surface area contributed by atoms with Crippen LogP contribution in [0.25, 0.3) is 0 Å². The zero-order chi connectivity index (χ0) is 7.40. The summed E-state index contributed by atoms with van der Waals surface area (Å²) in [7, 11) is 0. The fourth-order valence-corrected chi connectivity index (χ4v) is 2.53. The van der Waals surface area contributed by atoms with Crippen LogP contribution in [0.1, 0.15) is 24.7 Å². The zero-order valence-corrected chi connectivity index (χ0v) is 7.97. The molecular weight excluding hydrogens is 160 g/mol. The second-order valence-corrected chi connectivity index (χ2v) is 4.55. The molecule has 0 spiro atoms. The minimum atomic E-state index is 0.677. The number of hydrogen-bond acceptors (Lipinski definition) is 2. The largest absolute Gasteiger partial charge is 0.154 e. The third-order valence-corrected chi connectivity index (χ3v) is 3.24. The molecule has 1 unspecified atom stereocenters. The third-order valence-electron chi connectivity index (χ3n) is 1.43. The van der Waals surface area contributed by atoms with Crippen LogP contribution >= 0.6 is 23.1 Å². The Morgan fingerprint density at radius 1 is 1.70 bits per heavy atom. The fraction of sp³-hybridized carbons (Fsp3) is 0.500. The Balaban J connectivity index is 2.50. The molecule has 56 valence electrons. The molecule has 1 rings (SSSR count). The lowest BCUT2D eigenvalue weighted by Gasteiger charge is -2.05. The summed E-state index contributed by atoms with van der Waals surface area (Å²) in [6.07, 6.45) is 0. The molecule has 0 saturated heterocycles. The lowest BCUT2D eigenvalue weighted by molar-refractivity contribution is 1.11. The minimum absolute atomic E-state index is 0.677. The molecule has 0 nitrogen and oxygen atoms in total. The van der Waals surface area contributed by atoms with Gasteiger partial charge in [0.15, 0.2) is 0 Å². The maximum Gasteiger partial charge on any atom is 0.0277 e. The summed E-state index contributed by atoms with van der Waals surface area (Å²) in [4.78, 5) is 0. The molecule has 0 fully saturated rings. The standard InChI is InChI=1S/C8H12S2/c1-3-10-7(2)8-4-5-9-6-8/h4-7H,3H2,1-2H3. The molecule has 1 atom stereocenters. The van der Waals surface area contributed by atoms with E-state index in [9.17, 15) is 0 Å². The van der Waals surface area contributed by atoms with Gasteiger partial charge in [0.2, 0.25) is 0 Å². The van der Waals surface area contributed by atoms with Gasteiger partial charge in [-0.05, 0) is 35.1 Å². The first-order valence-corrected chi connectivity index (χ1v) is 5.47. The van der Waals surface area contributed by atoms with Gasteiger partial charge in [0.25, 0.3) is 0 Å². The van der Waals surface area contributed by atoms with E-state index in [0.29, 0.717) is 5.25 Å². The van der Waals surface area contributed by atoms with Crippen molar-refractivity contribution in [2.24, 2.45) is 0 Å². The van der Waals surface area contributed by atoms with Gasteiger partial charge in [0.1, 0.15) is 0 Å². The van der Waals surface area contributed by atoms with Gasteiger partial charge in [-0.3, -0.25) is 0 Å². The van der Waals surface area contributed by atoms with Gasteiger partial charge < -0.3 is 0 Å². The Labute approximate surface area is 70.7 Å². The van der Waals surface area contributed by atoms with Gasteiger partial charge in [0, 0.05) is 5.25 Å². The molecule has 1 heterocycles. The second kappa shape index (κ2) is 4.04. The molecule has 2 heteroatoms. The summed E-state index contributed by atoms with van der Waals surface area (Å²) >= 11 is 3.78. The summed E-state index contributed by atoms with van der Waals surface area (Å²) < 4.78 is 0. The van der Waals surface area contributed by atoms with Crippen molar-refractivity contribution < 1.29 is 0 Å². The van der Waals surface area contributed by atoms with Crippen LogP contribution in [-0.4, -0.2) is 5.75 Å². The maximum absolute atomic E-state index is 2.26. The van der Waals surface area contributed by atoms with Gasteiger partial charge in [-0.1, -0.05) is 6.92 Å². The second-order valence-electron chi connectivity index (χ2n) is 2.15. The summed E-state index contributed by atoms with van der Waals surface area (Å²) in [5.74, 6) is 1.21. The van der Waals surface area contributed by atoms with E-state index in [1.807, 2.05) is 11.8 Å². The van der Waals surface area contributed by atoms with Crippen molar-refractivity contribution in [1.29, 1.82) is 0 Å². The monoisotopic (exact) mass is 172 g/mol. The third kappa shape index (κ3) is 2.03. The Hall–Kier alpha value is 0.0500. The average molecular weight is 172 g/mol. The number of thioether (sulfide) groups is 1. The van der Waals surface area contributed by atoms with Gasteiger partial charge in [-0.25, -0.2) is 0 Å². The Bertz CT molecular complexity index is 167. The fourth-order valence-electron chi connectivity index (χ4n) is 0.853. The molecule has 0 radical (unpaired) electrons. The molecule has 0 saturated carbocycles. The topological polar surface area (TPSA) is 0 Å². The highest BCUT2D eigenvalue weighted by Gasteiger charge is 2.02. The highest BCUT2D eigenvalue weighted by atomic mass is 32.2. The van der Waals surface area contributed by atoms with Crippen molar-refractivity contribution >= 4 is 23.1 Å². The molecule has 1 aromatic rings. The van der Waals surface area contributed by atoms with Crippen LogP contribution in [0.5, 0.6) is 0 Å². The van der Waals surface area contributed by atoms with Gasteiger partial charge in [-0.2, -0.15) is 23.1 Å². The van der Waals surface area contributed by atoms with Gasteiger partial charge >= 0.3 is 0 Å². The van der Waals surface area contributed by atoms with E-state index in [1.165, 1.54) is 11.3 Å². The number of rotatable bonds is 3. The summed E-state index contributed by atoms with van der Waals surface area (Å²) in [6.45, 7) is 4.46. The first-order chi connectivity index (χ1) is 4.84. The highest BCUT2D eigenvalue weighted by Crippen LogP contribution is 2.28. The van der Waals surface area contributed by atoms with Crippen LogP contribution in [0.2, 0.25) is 0 Å². The van der Waals surface area contributed by atoms with Crippen molar-refractivity contribution in [3.63, 3.8) is 0 Å². The van der Waals surface area contributed by atoms with Crippen LogP contribution in [-0.2, 0) is 0 Å². The molecule has 0 aromatic carbocycles. The zero-order valence-electron chi connectivity index (χ0n) is 6.33. The number of hydrogen-bond donors (Lipinski definition) is 0. The molecule has 0 aliphatic rings. The van der Waals surface area contributed by atoms with Gasteiger partial charge in [0.05, 0.1) is 0 Å².